The number of nitrogens with zero attached hydrogens (tertiary/aromatic N) is 2. The van der Waals surface area contributed by atoms with Crippen LogP contribution < -0.4 is 5.43 Å². The SMILES string of the molecule is O=C1CCC(c2ccc3[nH]c(-c4cccs4)nc3c2)=NN1. The number of benzene rings is 1. The lowest BCUT2D eigenvalue weighted by Crippen LogP contribution is -2.25. The van der Waals surface area contributed by atoms with Gasteiger partial charge in [-0.05, 0) is 23.6 Å². The fourth-order valence-corrected chi connectivity index (χ4v) is 3.07. The lowest BCUT2D eigenvalue weighted by atomic mass is 10.0. The number of carbonyl (C=O) groups excluding carboxylic acids is 1. The monoisotopic (exact) mass is 296 g/mol. The van der Waals surface area contributed by atoms with Crippen LogP contribution in [0.4, 0.5) is 0 Å². The van der Waals surface area contributed by atoms with Gasteiger partial charge in [0.05, 0.1) is 21.6 Å². The summed E-state index contributed by atoms with van der Waals surface area (Å²) < 4.78 is 0. The van der Waals surface area contributed by atoms with E-state index in [0.717, 1.165) is 33.0 Å². The maximum absolute atomic E-state index is 11.2. The summed E-state index contributed by atoms with van der Waals surface area (Å²) in [6.45, 7) is 0. The molecule has 3 aromatic rings. The fourth-order valence-electron chi connectivity index (χ4n) is 2.40. The van der Waals surface area contributed by atoms with Crippen LogP contribution in [-0.4, -0.2) is 21.6 Å². The van der Waals surface area contributed by atoms with Gasteiger partial charge in [0, 0.05) is 18.4 Å². The minimum absolute atomic E-state index is 0.0282. The predicted molar refractivity (Wildman–Crippen MR) is 83.3 cm³/mol. The number of hydrogen-bond donors (Lipinski definition) is 2. The number of amides is 1. The molecule has 1 aliphatic heterocycles. The Morgan fingerprint density at radius 2 is 2.14 bits per heavy atom. The van der Waals surface area contributed by atoms with Gasteiger partial charge in [-0.3, -0.25) is 4.79 Å². The number of carbonyl (C=O) groups is 1. The van der Waals surface area contributed by atoms with E-state index >= 15 is 0 Å². The van der Waals surface area contributed by atoms with Crippen LogP contribution >= 0.6 is 11.3 Å². The third-order valence-electron chi connectivity index (χ3n) is 3.48. The van der Waals surface area contributed by atoms with Gasteiger partial charge in [0.2, 0.25) is 5.91 Å². The van der Waals surface area contributed by atoms with Crippen molar-refractivity contribution in [3.8, 4) is 10.7 Å². The van der Waals surface area contributed by atoms with E-state index in [-0.39, 0.29) is 5.91 Å². The first-order valence-electron chi connectivity index (χ1n) is 6.69. The van der Waals surface area contributed by atoms with Crippen LogP contribution in [0, 0.1) is 0 Å². The molecule has 6 heteroatoms. The minimum atomic E-state index is -0.0282. The molecule has 0 radical (unpaired) electrons. The number of nitrogens with one attached hydrogen (secondary N) is 2. The zero-order chi connectivity index (χ0) is 14.2. The molecular weight excluding hydrogens is 284 g/mol. The second kappa shape index (κ2) is 4.82. The lowest BCUT2D eigenvalue weighted by molar-refractivity contribution is -0.121. The van der Waals surface area contributed by atoms with Crippen LogP contribution in [0.3, 0.4) is 0 Å². The van der Waals surface area contributed by atoms with Crippen molar-refractivity contribution in [3.63, 3.8) is 0 Å². The van der Waals surface area contributed by atoms with Crippen LogP contribution in [0.2, 0.25) is 0 Å². The van der Waals surface area contributed by atoms with Gasteiger partial charge in [-0.25, -0.2) is 10.4 Å². The van der Waals surface area contributed by atoms with Crippen molar-refractivity contribution in [1.82, 2.24) is 15.4 Å². The van der Waals surface area contributed by atoms with Gasteiger partial charge < -0.3 is 4.98 Å². The molecule has 2 aromatic heterocycles. The smallest absolute Gasteiger partial charge is 0.240 e. The third kappa shape index (κ3) is 2.23. The number of fused-ring (bicyclic) bond motifs is 1. The van der Waals surface area contributed by atoms with Crippen LogP contribution in [0.5, 0.6) is 0 Å². The highest BCUT2D eigenvalue weighted by Crippen LogP contribution is 2.25. The largest absolute Gasteiger partial charge is 0.337 e. The van der Waals surface area contributed by atoms with E-state index < -0.39 is 0 Å². The van der Waals surface area contributed by atoms with Crippen molar-refractivity contribution in [2.75, 3.05) is 0 Å². The molecular formula is C15H12N4OS. The Hall–Kier alpha value is -2.47. The van der Waals surface area contributed by atoms with Gasteiger partial charge >= 0.3 is 0 Å². The Labute approximate surface area is 124 Å². The van der Waals surface area contributed by atoms with Gasteiger partial charge in [0.1, 0.15) is 5.82 Å². The zero-order valence-corrected chi connectivity index (χ0v) is 11.9. The summed E-state index contributed by atoms with van der Waals surface area (Å²) in [7, 11) is 0. The number of hydrogen-bond acceptors (Lipinski definition) is 4. The highest BCUT2D eigenvalue weighted by Gasteiger charge is 2.14. The van der Waals surface area contributed by atoms with Crippen molar-refractivity contribution >= 4 is 34.0 Å². The number of imidazole rings is 1. The Morgan fingerprint density at radius 1 is 1.19 bits per heavy atom. The quantitative estimate of drug-likeness (QED) is 0.763. The number of thiophene rings is 1. The van der Waals surface area contributed by atoms with Crippen LogP contribution in [0.15, 0.2) is 40.8 Å². The second-order valence-electron chi connectivity index (χ2n) is 4.89. The van der Waals surface area contributed by atoms with Crippen LogP contribution in [-0.2, 0) is 4.79 Å². The average molecular weight is 296 g/mol. The van der Waals surface area contributed by atoms with Crippen molar-refractivity contribution in [2.45, 2.75) is 12.8 Å². The molecule has 104 valence electrons. The van der Waals surface area contributed by atoms with E-state index in [4.69, 9.17) is 0 Å². The first-order valence-corrected chi connectivity index (χ1v) is 7.57. The minimum Gasteiger partial charge on any atom is -0.337 e. The molecule has 0 unspecified atom stereocenters. The molecule has 0 fully saturated rings. The summed E-state index contributed by atoms with van der Waals surface area (Å²) >= 11 is 1.66. The molecule has 1 amide bonds. The van der Waals surface area contributed by atoms with E-state index in [1.165, 1.54) is 0 Å². The second-order valence-corrected chi connectivity index (χ2v) is 5.84. The molecule has 0 saturated heterocycles. The maximum atomic E-state index is 11.2. The molecule has 5 nitrogen and oxygen atoms in total. The lowest BCUT2D eigenvalue weighted by Gasteiger charge is -2.11. The van der Waals surface area contributed by atoms with Crippen molar-refractivity contribution in [3.05, 3.63) is 41.3 Å². The van der Waals surface area contributed by atoms with Gasteiger partial charge in [0.25, 0.3) is 0 Å². The molecule has 2 N–H and O–H groups in total. The van der Waals surface area contributed by atoms with Crippen molar-refractivity contribution in [2.24, 2.45) is 5.10 Å². The highest BCUT2D eigenvalue weighted by molar-refractivity contribution is 7.13. The maximum Gasteiger partial charge on any atom is 0.240 e. The van der Waals surface area contributed by atoms with Gasteiger partial charge in [-0.2, -0.15) is 5.10 Å². The summed E-state index contributed by atoms with van der Waals surface area (Å²) in [5.41, 5.74) is 6.35. The van der Waals surface area contributed by atoms with Crippen molar-refractivity contribution < 1.29 is 4.79 Å². The van der Waals surface area contributed by atoms with E-state index in [1.54, 1.807) is 11.3 Å². The van der Waals surface area contributed by atoms with E-state index in [2.05, 4.69) is 20.5 Å². The number of hydrazone groups is 1. The summed E-state index contributed by atoms with van der Waals surface area (Å²) in [6.07, 6.45) is 1.15. The predicted octanol–water partition coefficient (Wildman–Crippen LogP) is 2.91. The highest BCUT2D eigenvalue weighted by atomic mass is 32.1. The first-order chi connectivity index (χ1) is 10.3. The van der Waals surface area contributed by atoms with E-state index in [9.17, 15) is 4.79 Å². The Morgan fingerprint density at radius 3 is 2.90 bits per heavy atom. The molecule has 1 aromatic carbocycles. The van der Waals surface area contributed by atoms with Crippen molar-refractivity contribution in [1.29, 1.82) is 0 Å². The molecule has 1 aliphatic rings. The molecule has 0 spiro atoms. The first kappa shape index (κ1) is 12.3. The average Bonchev–Trinajstić information content (AvgIpc) is 3.16. The molecule has 0 aliphatic carbocycles. The summed E-state index contributed by atoms with van der Waals surface area (Å²) in [5.74, 6) is 0.857. The Bertz CT molecular complexity index is 848. The standard InChI is InChI=1S/C15H12N4OS/c20-14-6-5-10(18-19-14)9-3-4-11-12(8-9)17-15(16-11)13-2-1-7-21-13/h1-4,7-8H,5-6H2,(H,16,17)(H,19,20). The van der Waals surface area contributed by atoms with E-state index in [0.29, 0.717) is 12.8 Å². The zero-order valence-electron chi connectivity index (χ0n) is 11.1. The number of aromatic amines is 1. The molecule has 4 rings (SSSR count). The summed E-state index contributed by atoms with van der Waals surface area (Å²) in [6, 6.07) is 10.1. The molecule has 21 heavy (non-hydrogen) atoms. The molecule has 3 heterocycles. The van der Waals surface area contributed by atoms with Gasteiger partial charge in [-0.15, -0.1) is 11.3 Å². The third-order valence-corrected chi connectivity index (χ3v) is 4.35. The summed E-state index contributed by atoms with van der Waals surface area (Å²) in [4.78, 5) is 20.2. The summed E-state index contributed by atoms with van der Waals surface area (Å²) in [5, 5.41) is 6.16. The number of H-pyrrole nitrogens is 1. The van der Waals surface area contributed by atoms with Gasteiger partial charge in [-0.1, -0.05) is 12.1 Å². The molecule has 0 atom stereocenters. The topological polar surface area (TPSA) is 70.1 Å². The normalized spacial score (nSPS) is 15.0. The molecule has 0 saturated carbocycles. The molecule has 0 bridgehead atoms. The fraction of sp³-hybridized carbons (Fsp3) is 0.133. The van der Waals surface area contributed by atoms with Crippen LogP contribution in [0.1, 0.15) is 18.4 Å². The Balaban J connectivity index is 1.75. The van der Waals surface area contributed by atoms with Gasteiger partial charge in [0.15, 0.2) is 0 Å². The van der Waals surface area contributed by atoms with Crippen LogP contribution in [0.25, 0.3) is 21.7 Å². The number of rotatable bonds is 2. The Kier molecular flexibility index (Phi) is 2.82. The number of aromatic nitrogens is 2. The van der Waals surface area contributed by atoms with E-state index in [1.807, 2.05) is 35.7 Å².